The van der Waals surface area contributed by atoms with Crippen LogP contribution in [0.25, 0.3) is 0 Å². The summed E-state index contributed by atoms with van der Waals surface area (Å²) in [6.07, 6.45) is 1.67. The smallest absolute Gasteiger partial charge is 0.274 e. The van der Waals surface area contributed by atoms with Gasteiger partial charge in [-0.15, -0.1) is 0 Å². The molecule has 4 nitrogen and oxygen atoms in total. The number of hydrogen-bond acceptors (Lipinski definition) is 3. The molecule has 0 radical (unpaired) electrons. The Bertz CT molecular complexity index is 861. The van der Waals surface area contributed by atoms with Gasteiger partial charge in [0, 0.05) is 16.7 Å². The second-order valence-corrected chi connectivity index (χ2v) is 6.65. The number of nitrogens with zero attached hydrogens (tertiary/aromatic N) is 1. The lowest BCUT2D eigenvalue weighted by Crippen LogP contribution is -2.13. The highest BCUT2D eigenvalue weighted by atomic mass is 79.9. The summed E-state index contributed by atoms with van der Waals surface area (Å²) >= 11 is 3.37. The van der Waals surface area contributed by atoms with Crippen LogP contribution in [0, 0.1) is 6.92 Å². The van der Waals surface area contributed by atoms with E-state index in [0.29, 0.717) is 12.2 Å². The van der Waals surface area contributed by atoms with Gasteiger partial charge in [-0.2, -0.15) is 0 Å². The number of amides is 1. The zero-order valence-corrected chi connectivity index (χ0v) is 15.4. The Labute approximate surface area is 155 Å². The number of benzene rings is 2. The van der Waals surface area contributed by atoms with Gasteiger partial charge < -0.3 is 10.6 Å². The lowest BCUT2D eigenvalue weighted by molar-refractivity contribution is 0.102. The lowest BCUT2D eigenvalue weighted by Gasteiger charge is -2.08. The standard InChI is InChI=1S/C20H18BrN3O/c1-14-3-2-4-15(11-14)12-22-18-9-10-19(23-13-18)20(25)24-17-7-5-16(21)6-8-17/h2-11,13,22H,12H2,1H3,(H,24,25). The summed E-state index contributed by atoms with van der Waals surface area (Å²) in [5, 5.41) is 6.14. The summed E-state index contributed by atoms with van der Waals surface area (Å²) < 4.78 is 0.965. The first-order valence-corrected chi connectivity index (χ1v) is 8.72. The van der Waals surface area contributed by atoms with Crippen molar-refractivity contribution in [1.29, 1.82) is 0 Å². The van der Waals surface area contributed by atoms with E-state index in [1.807, 2.05) is 36.4 Å². The van der Waals surface area contributed by atoms with E-state index in [9.17, 15) is 4.79 Å². The number of pyridine rings is 1. The molecule has 126 valence electrons. The number of aryl methyl sites for hydroxylation is 1. The first-order chi connectivity index (χ1) is 12.1. The molecule has 0 atom stereocenters. The molecule has 2 N–H and O–H groups in total. The Balaban J connectivity index is 1.59. The van der Waals surface area contributed by atoms with Crippen molar-refractivity contribution in [2.24, 2.45) is 0 Å². The minimum Gasteiger partial charge on any atom is -0.380 e. The normalized spacial score (nSPS) is 10.3. The zero-order valence-electron chi connectivity index (χ0n) is 13.8. The van der Waals surface area contributed by atoms with Gasteiger partial charge in [0.2, 0.25) is 0 Å². The predicted octanol–water partition coefficient (Wildman–Crippen LogP) is 5.02. The number of carbonyl (C=O) groups is 1. The van der Waals surface area contributed by atoms with E-state index in [2.05, 4.69) is 56.7 Å². The molecule has 0 fully saturated rings. The fourth-order valence-corrected chi connectivity index (χ4v) is 2.65. The summed E-state index contributed by atoms with van der Waals surface area (Å²) in [7, 11) is 0. The van der Waals surface area contributed by atoms with Crippen LogP contribution in [-0.4, -0.2) is 10.9 Å². The Hall–Kier alpha value is -2.66. The largest absolute Gasteiger partial charge is 0.380 e. The number of aromatic nitrogens is 1. The SMILES string of the molecule is Cc1cccc(CNc2ccc(C(=O)Nc3ccc(Br)cc3)nc2)c1. The molecule has 5 heteroatoms. The van der Waals surface area contributed by atoms with Gasteiger partial charge in [0.05, 0.1) is 11.9 Å². The van der Waals surface area contributed by atoms with Gasteiger partial charge in [0.1, 0.15) is 5.69 Å². The minimum atomic E-state index is -0.229. The van der Waals surface area contributed by atoms with E-state index in [1.54, 1.807) is 12.3 Å². The molecule has 0 saturated carbocycles. The molecule has 1 heterocycles. The molecular formula is C20H18BrN3O. The van der Waals surface area contributed by atoms with Crippen molar-refractivity contribution in [2.45, 2.75) is 13.5 Å². The number of hydrogen-bond donors (Lipinski definition) is 2. The highest BCUT2D eigenvalue weighted by molar-refractivity contribution is 9.10. The summed E-state index contributed by atoms with van der Waals surface area (Å²) in [6, 6.07) is 19.3. The minimum absolute atomic E-state index is 0.229. The van der Waals surface area contributed by atoms with Crippen molar-refractivity contribution in [2.75, 3.05) is 10.6 Å². The average Bonchev–Trinajstić information content (AvgIpc) is 2.62. The van der Waals surface area contributed by atoms with Gasteiger partial charge in [-0.05, 0) is 48.9 Å². The molecule has 3 aromatic rings. The quantitative estimate of drug-likeness (QED) is 0.637. The molecule has 0 saturated heterocycles. The fourth-order valence-electron chi connectivity index (χ4n) is 2.39. The van der Waals surface area contributed by atoms with Crippen LogP contribution in [0.1, 0.15) is 21.6 Å². The molecule has 0 spiro atoms. The first-order valence-electron chi connectivity index (χ1n) is 7.92. The third-order valence-corrected chi connectivity index (χ3v) is 4.21. The van der Waals surface area contributed by atoms with Crippen LogP contribution in [0.3, 0.4) is 0 Å². The van der Waals surface area contributed by atoms with Crippen LogP contribution in [-0.2, 0) is 6.54 Å². The Morgan fingerprint density at radius 1 is 1.04 bits per heavy atom. The number of halogens is 1. The number of rotatable bonds is 5. The summed E-state index contributed by atoms with van der Waals surface area (Å²) in [5.41, 5.74) is 4.43. The van der Waals surface area contributed by atoms with E-state index >= 15 is 0 Å². The van der Waals surface area contributed by atoms with Gasteiger partial charge in [-0.3, -0.25) is 4.79 Å². The highest BCUT2D eigenvalue weighted by Crippen LogP contribution is 2.15. The molecule has 0 aliphatic rings. The second kappa shape index (κ2) is 7.94. The number of anilines is 2. The van der Waals surface area contributed by atoms with E-state index in [0.717, 1.165) is 15.8 Å². The van der Waals surface area contributed by atoms with E-state index in [1.165, 1.54) is 11.1 Å². The summed E-state index contributed by atoms with van der Waals surface area (Å²) in [6.45, 7) is 2.79. The topological polar surface area (TPSA) is 54.0 Å². The van der Waals surface area contributed by atoms with Crippen LogP contribution in [0.4, 0.5) is 11.4 Å². The van der Waals surface area contributed by atoms with Gasteiger partial charge in [-0.25, -0.2) is 4.98 Å². The van der Waals surface area contributed by atoms with Crippen LogP contribution in [0.15, 0.2) is 71.3 Å². The van der Waals surface area contributed by atoms with Crippen molar-refractivity contribution in [3.05, 3.63) is 88.2 Å². The van der Waals surface area contributed by atoms with Crippen molar-refractivity contribution in [3.63, 3.8) is 0 Å². The van der Waals surface area contributed by atoms with Crippen molar-refractivity contribution in [1.82, 2.24) is 4.98 Å². The van der Waals surface area contributed by atoms with Crippen LogP contribution in [0.5, 0.6) is 0 Å². The maximum atomic E-state index is 12.2. The number of carbonyl (C=O) groups excluding carboxylic acids is 1. The summed E-state index contributed by atoms with van der Waals surface area (Å²) in [5.74, 6) is -0.229. The molecule has 0 aliphatic heterocycles. The van der Waals surface area contributed by atoms with Crippen LogP contribution < -0.4 is 10.6 Å². The Kier molecular flexibility index (Phi) is 5.46. The molecular weight excluding hydrogens is 378 g/mol. The van der Waals surface area contributed by atoms with Gasteiger partial charge >= 0.3 is 0 Å². The lowest BCUT2D eigenvalue weighted by atomic mass is 10.1. The van der Waals surface area contributed by atoms with Crippen LogP contribution in [0.2, 0.25) is 0 Å². The van der Waals surface area contributed by atoms with E-state index in [-0.39, 0.29) is 5.91 Å². The fraction of sp³-hybridized carbons (Fsp3) is 0.100. The van der Waals surface area contributed by atoms with Crippen molar-refractivity contribution >= 4 is 33.2 Å². The second-order valence-electron chi connectivity index (χ2n) is 5.74. The van der Waals surface area contributed by atoms with E-state index in [4.69, 9.17) is 0 Å². The maximum absolute atomic E-state index is 12.2. The maximum Gasteiger partial charge on any atom is 0.274 e. The molecule has 1 amide bonds. The molecule has 2 aromatic carbocycles. The molecule has 25 heavy (non-hydrogen) atoms. The Morgan fingerprint density at radius 3 is 2.48 bits per heavy atom. The zero-order chi connectivity index (χ0) is 17.6. The predicted molar refractivity (Wildman–Crippen MR) is 105 cm³/mol. The van der Waals surface area contributed by atoms with Crippen molar-refractivity contribution in [3.8, 4) is 0 Å². The number of nitrogens with one attached hydrogen (secondary N) is 2. The molecule has 1 aromatic heterocycles. The first kappa shape index (κ1) is 17.2. The Morgan fingerprint density at radius 2 is 1.80 bits per heavy atom. The van der Waals surface area contributed by atoms with Gasteiger partial charge in [0.15, 0.2) is 0 Å². The van der Waals surface area contributed by atoms with Crippen molar-refractivity contribution < 1.29 is 4.79 Å². The van der Waals surface area contributed by atoms with Gasteiger partial charge in [-0.1, -0.05) is 45.8 Å². The third kappa shape index (κ3) is 4.90. The molecule has 0 bridgehead atoms. The van der Waals surface area contributed by atoms with Gasteiger partial charge in [0.25, 0.3) is 5.91 Å². The summed E-state index contributed by atoms with van der Waals surface area (Å²) in [4.78, 5) is 16.5. The molecule has 3 rings (SSSR count). The molecule has 0 unspecified atom stereocenters. The third-order valence-electron chi connectivity index (χ3n) is 3.68. The highest BCUT2D eigenvalue weighted by Gasteiger charge is 2.07. The monoisotopic (exact) mass is 395 g/mol. The van der Waals surface area contributed by atoms with Crippen LogP contribution >= 0.6 is 15.9 Å². The molecule has 0 aliphatic carbocycles. The van der Waals surface area contributed by atoms with E-state index < -0.39 is 0 Å². The average molecular weight is 396 g/mol.